The number of amidine groups is 1. The average molecular weight is 284 g/mol. The van der Waals surface area contributed by atoms with E-state index in [4.69, 9.17) is 5.73 Å². The van der Waals surface area contributed by atoms with Crippen LogP contribution in [0.15, 0.2) is 22.2 Å². The van der Waals surface area contributed by atoms with Crippen LogP contribution in [0.1, 0.15) is 62.5 Å². The molecule has 21 heavy (non-hydrogen) atoms. The summed E-state index contributed by atoms with van der Waals surface area (Å²) in [6.45, 7) is 3.09. The van der Waals surface area contributed by atoms with Crippen LogP contribution in [-0.2, 0) is 0 Å². The van der Waals surface area contributed by atoms with E-state index in [1.54, 1.807) is 0 Å². The summed E-state index contributed by atoms with van der Waals surface area (Å²) in [5, 5.41) is 0. The number of aliphatic imine (C=N–C) groups is 2. The van der Waals surface area contributed by atoms with Gasteiger partial charge in [-0.2, -0.15) is 0 Å². The maximum atomic E-state index is 6.03. The molecule has 0 unspecified atom stereocenters. The molecule has 1 aromatic heterocycles. The molecule has 3 rings (SSSR count). The molecule has 1 saturated carbocycles. The van der Waals surface area contributed by atoms with Gasteiger partial charge in [-0.25, -0.2) is 9.98 Å². The molecule has 1 aliphatic carbocycles. The van der Waals surface area contributed by atoms with Gasteiger partial charge in [0.1, 0.15) is 5.82 Å². The van der Waals surface area contributed by atoms with Crippen molar-refractivity contribution in [3.05, 3.63) is 23.4 Å². The van der Waals surface area contributed by atoms with E-state index in [-0.39, 0.29) is 0 Å². The second-order valence-electron chi connectivity index (χ2n) is 6.13. The van der Waals surface area contributed by atoms with E-state index in [1.165, 1.54) is 37.7 Å². The van der Waals surface area contributed by atoms with Crippen LogP contribution in [0.4, 0.5) is 5.82 Å². The lowest BCUT2D eigenvalue weighted by Gasteiger charge is -2.28. The number of hydrogen-bond donors (Lipinski definition) is 1. The van der Waals surface area contributed by atoms with Crippen LogP contribution in [0.2, 0.25) is 0 Å². The zero-order chi connectivity index (χ0) is 14.7. The van der Waals surface area contributed by atoms with E-state index in [2.05, 4.69) is 28.0 Å². The Labute approximate surface area is 126 Å². The summed E-state index contributed by atoms with van der Waals surface area (Å²) in [6.07, 6.45) is 11.3. The van der Waals surface area contributed by atoms with Crippen LogP contribution in [0.25, 0.3) is 0 Å². The fourth-order valence-electron chi connectivity index (χ4n) is 3.37. The van der Waals surface area contributed by atoms with E-state index in [9.17, 15) is 0 Å². The number of nitrogens with zero attached hydrogens (tertiary/aromatic N) is 3. The molecule has 0 radical (unpaired) electrons. The SMILES string of the molecule is CCC1CCC(c2cnc(N)c(C3=NCCC=N3)c2)CC1. The van der Waals surface area contributed by atoms with Crippen molar-refractivity contribution in [2.75, 3.05) is 12.3 Å². The van der Waals surface area contributed by atoms with Crippen molar-refractivity contribution in [1.29, 1.82) is 0 Å². The normalized spacial score (nSPS) is 25.7. The molecule has 112 valence electrons. The van der Waals surface area contributed by atoms with Gasteiger partial charge in [-0.05, 0) is 49.1 Å². The summed E-state index contributed by atoms with van der Waals surface area (Å²) >= 11 is 0. The van der Waals surface area contributed by atoms with E-state index < -0.39 is 0 Å². The molecule has 1 fully saturated rings. The van der Waals surface area contributed by atoms with Crippen molar-refractivity contribution in [3.8, 4) is 0 Å². The van der Waals surface area contributed by atoms with Gasteiger partial charge >= 0.3 is 0 Å². The Morgan fingerprint density at radius 2 is 2.05 bits per heavy atom. The number of nitrogen functional groups attached to an aromatic ring is 1. The number of aromatic nitrogens is 1. The van der Waals surface area contributed by atoms with Gasteiger partial charge in [0.05, 0.1) is 5.56 Å². The van der Waals surface area contributed by atoms with Crippen LogP contribution < -0.4 is 5.73 Å². The monoisotopic (exact) mass is 284 g/mol. The first-order valence-electron chi connectivity index (χ1n) is 8.10. The predicted molar refractivity (Wildman–Crippen MR) is 88.2 cm³/mol. The summed E-state index contributed by atoms with van der Waals surface area (Å²) in [7, 11) is 0. The lowest BCUT2D eigenvalue weighted by molar-refractivity contribution is 0.318. The van der Waals surface area contributed by atoms with Crippen LogP contribution in [0.3, 0.4) is 0 Å². The van der Waals surface area contributed by atoms with Gasteiger partial charge in [-0.3, -0.25) is 4.99 Å². The molecular weight excluding hydrogens is 260 g/mol. The number of hydrogen-bond acceptors (Lipinski definition) is 4. The Hall–Kier alpha value is -1.71. The Bertz CT molecular complexity index is 554. The van der Waals surface area contributed by atoms with Gasteiger partial charge < -0.3 is 5.73 Å². The Morgan fingerprint density at radius 1 is 1.24 bits per heavy atom. The lowest BCUT2D eigenvalue weighted by atomic mass is 9.78. The van der Waals surface area contributed by atoms with Crippen LogP contribution in [-0.4, -0.2) is 23.6 Å². The summed E-state index contributed by atoms with van der Waals surface area (Å²) in [6, 6.07) is 2.17. The highest BCUT2D eigenvalue weighted by atomic mass is 15.0. The maximum absolute atomic E-state index is 6.03. The largest absolute Gasteiger partial charge is 0.383 e. The molecule has 1 aromatic rings. The molecule has 2 N–H and O–H groups in total. The Morgan fingerprint density at radius 3 is 2.71 bits per heavy atom. The van der Waals surface area contributed by atoms with Crippen LogP contribution in [0.5, 0.6) is 0 Å². The molecule has 0 amide bonds. The van der Waals surface area contributed by atoms with Gasteiger partial charge in [0.15, 0.2) is 5.84 Å². The van der Waals surface area contributed by atoms with Crippen molar-refractivity contribution >= 4 is 17.9 Å². The molecule has 0 saturated heterocycles. The standard InChI is InChI=1S/C17H24N4/c1-2-12-4-6-13(7-5-12)14-10-15(16(18)21-11-14)17-19-8-3-9-20-17/h8,10-13H,2-7,9H2,1H3,(H2,18,21). The van der Waals surface area contributed by atoms with Crippen molar-refractivity contribution in [1.82, 2.24) is 4.98 Å². The quantitative estimate of drug-likeness (QED) is 0.922. The number of nitrogens with two attached hydrogens (primary N) is 1. The highest BCUT2D eigenvalue weighted by Crippen LogP contribution is 2.37. The van der Waals surface area contributed by atoms with E-state index in [1.807, 2.05) is 12.4 Å². The number of anilines is 1. The maximum Gasteiger partial charge on any atom is 0.157 e. The zero-order valence-corrected chi connectivity index (χ0v) is 12.8. The van der Waals surface area contributed by atoms with E-state index in [0.29, 0.717) is 11.7 Å². The van der Waals surface area contributed by atoms with Crippen molar-refractivity contribution in [2.24, 2.45) is 15.9 Å². The molecule has 0 atom stereocenters. The summed E-state index contributed by atoms with van der Waals surface area (Å²) in [5.41, 5.74) is 8.23. The summed E-state index contributed by atoms with van der Waals surface area (Å²) in [5.74, 6) is 2.82. The first-order chi connectivity index (χ1) is 10.3. The first-order valence-corrected chi connectivity index (χ1v) is 8.10. The third kappa shape index (κ3) is 3.14. The third-order valence-electron chi connectivity index (χ3n) is 4.81. The van der Waals surface area contributed by atoms with Gasteiger partial charge in [0, 0.05) is 25.4 Å². The molecule has 0 spiro atoms. The van der Waals surface area contributed by atoms with E-state index >= 15 is 0 Å². The lowest BCUT2D eigenvalue weighted by Crippen LogP contribution is -2.15. The number of pyridine rings is 1. The molecule has 2 heterocycles. The second-order valence-corrected chi connectivity index (χ2v) is 6.13. The minimum Gasteiger partial charge on any atom is -0.383 e. The topological polar surface area (TPSA) is 63.6 Å². The molecule has 4 nitrogen and oxygen atoms in total. The van der Waals surface area contributed by atoms with Gasteiger partial charge in [-0.15, -0.1) is 0 Å². The van der Waals surface area contributed by atoms with Crippen molar-refractivity contribution in [2.45, 2.75) is 51.4 Å². The highest BCUT2D eigenvalue weighted by molar-refractivity contribution is 6.06. The molecular formula is C17H24N4. The molecule has 0 bridgehead atoms. The summed E-state index contributed by atoms with van der Waals surface area (Å²) in [4.78, 5) is 13.2. The minimum atomic E-state index is 0.541. The zero-order valence-electron chi connectivity index (χ0n) is 12.8. The fourth-order valence-corrected chi connectivity index (χ4v) is 3.37. The highest BCUT2D eigenvalue weighted by Gasteiger charge is 2.22. The molecule has 1 aliphatic heterocycles. The van der Waals surface area contributed by atoms with Gasteiger partial charge in [-0.1, -0.05) is 13.3 Å². The van der Waals surface area contributed by atoms with Gasteiger partial charge in [0.25, 0.3) is 0 Å². The van der Waals surface area contributed by atoms with Crippen LogP contribution in [0, 0.1) is 5.92 Å². The first kappa shape index (κ1) is 14.2. The van der Waals surface area contributed by atoms with Crippen molar-refractivity contribution in [3.63, 3.8) is 0 Å². The smallest absolute Gasteiger partial charge is 0.157 e. The third-order valence-corrected chi connectivity index (χ3v) is 4.81. The Kier molecular flexibility index (Phi) is 4.32. The predicted octanol–water partition coefficient (Wildman–Crippen LogP) is 3.57. The average Bonchev–Trinajstić information content (AvgIpc) is 2.56. The van der Waals surface area contributed by atoms with Gasteiger partial charge in [0.2, 0.25) is 0 Å². The van der Waals surface area contributed by atoms with Crippen LogP contribution >= 0.6 is 0 Å². The van der Waals surface area contributed by atoms with Crippen molar-refractivity contribution < 1.29 is 0 Å². The fraction of sp³-hybridized carbons (Fsp3) is 0.588. The van der Waals surface area contributed by atoms with E-state index in [0.717, 1.165) is 30.3 Å². The second kappa shape index (κ2) is 6.37. The Balaban J connectivity index is 1.81. The molecule has 2 aliphatic rings. The summed E-state index contributed by atoms with van der Waals surface area (Å²) < 4.78 is 0. The molecule has 0 aromatic carbocycles. The minimum absolute atomic E-state index is 0.541. The molecule has 4 heteroatoms. The number of rotatable bonds is 3.